The van der Waals surface area contributed by atoms with Crippen molar-refractivity contribution in [2.75, 3.05) is 13.6 Å². The van der Waals surface area contributed by atoms with Crippen molar-refractivity contribution in [3.63, 3.8) is 0 Å². The van der Waals surface area contributed by atoms with Crippen molar-refractivity contribution in [2.45, 2.75) is 66.8 Å². The lowest BCUT2D eigenvalue weighted by molar-refractivity contribution is -0.135. The van der Waals surface area contributed by atoms with Crippen LogP contribution in [0.2, 0.25) is 0 Å². The maximum Gasteiger partial charge on any atom is 0.142 e. The first-order valence-electron chi connectivity index (χ1n) is 7.30. The van der Waals surface area contributed by atoms with Crippen LogP contribution in [0.3, 0.4) is 0 Å². The Balaban J connectivity index is 2.65. The summed E-state index contributed by atoms with van der Waals surface area (Å²) in [6.45, 7) is 14.2. The van der Waals surface area contributed by atoms with Crippen LogP contribution in [0.15, 0.2) is 0 Å². The van der Waals surface area contributed by atoms with Gasteiger partial charge < -0.3 is 4.90 Å². The number of hydrogen-bond acceptors (Lipinski definition) is 2. The average Bonchev–Trinajstić information content (AvgIpc) is 2.22. The van der Waals surface area contributed by atoms with Crippen molar-refractivity contribution in [3.05, 3.63) is 0 Å². The third-order valence-electron chi connectivity index (χ3n) is 4.82. The van der Waals surface area contributed by atoms with E-state index in [2.05, 4.69) is 53.5 Å². The standard InChI is InChI=1S/C16H31NO/c1-12(15(2,3)4)17(7)11-13-9-8-10-16(5,6)14(13)18/h12-13H,8-11H2,1-7H3. The van der Waals surface area contributed by atoms with E-state index in [1.807, 2.05) is 0 Å². The average molecular weight is 253 g/mol. The van der Waals surface area contributed by atoms with Crippen LogP contribution >= 0.6 is 0 Å². The van der Waals surface area contributed by atoms with E-state index >= 15 is 0 Å². The van der Waals surface area contributed by atoms with E-state index in [0.29, 0.717) is 11.8 Å². The van der Waals surface area contributed by atoms with Gasteiger partial charge in [-0.15, -0.1) is 0 Å². The van der Waals surface area contributed by atoms with Crippen molar-refractivity contribution in [1.29, 1.82) is 0 Å². The van der Waals surface area contributed by atoms with Crippen molar-refractivity contribution in [3.8, 4) is 0 Å². The molecular formula is C16H31NO. The fourth-order valence-electron chi connectivity index (χ4n) is 2.94. The van der Waals surface area contributed by atoms with E-state index < -0.39 is 0 Å². The maximum absolute atomic E-state index is 12.4. The normalized spacial score (nSPS) is 26.4. The molecule has 0 aromatic carbocycles. The highest BCUT2D eigenvalue weighted by atomic mass is 16.1. The molecule has 1 aliphatic carbocycles. The van der Waals surface area contributed by atoms with Crippen molar-refractivity contribution in [2.24, 2.45) is 16.7 Å². The van der Waals surface area contributed by atoms with Gasteiger partial charge in [0.1, 0.15) is 5.78 Å². The molecule has 0 radical (unpaired) electrons. The number of carbonyl (C=O) groups is 1. The lowest BCUT2D eigenvalue weighted by Gasteiger charge is -2.40. The second-order valence-corrected chi connectivity index (χ2v) is 7.82. The molecule has 0 aromatic rings. The highest BCUT2D eigenvalue weighted by Crippen LogP contribution is 2.36. The summed E-state index contributed by atoms with van der Waals surface area (Å²) in [4.78, 5) is 14.8. The first-order valence-corrected chi connectivity index (χ1v) is 7.30. The zero-order chi connectivity index (χ0) is 14.1. The van der Waals surface area contributed by atoms with Gasteiger partial charge in [-0.1, -0.05) is 41.0 Å². The van der Waals surface area contributed by atoms with E-state index in [0.717, 1.165) is 19.4 Å². The quantitative estimate of drug-likeness (QED) is 0.763. The highest BCUT2D eigenvalue weighted by molar-refractivity contribution is 5.87. The fraction of sp³-hybridized carbons (Fsp3) is 0.938. The van der Waals surface area contributed by atoms with E-state index in [1.165, 1.54) is 6.42 Å². The summed E-state index contributed by atoms with van der Waals surface area (Å²) in [5.74, 6) is 0.713. The summed E-state index contributed by atoms with van der Waals surface area (Å²) in [6, 6.07) is 0.496. The Morgan fingerprint density at radius 2 is 1.94 bits per heavy atom. The predicted molar refractivity (Wildman–Crippen MR) is 77.7 cm³/mol. The SMILES string of the molecule is CC(N(C)CC1CCCC(C)(C)C1=O)C(C)(C)C. The molecule has 18 heavy (non-hydrogen) atoms. The zero-order valence-electron chi connectivity index (χ0n) is 13.3. The van der Waals surface area contributed by atoms with Gasteiger partial charge in [-0.05, 0) is 32.2 Å². The molecule has 0 heterocycles. The minimum absolute atomic E-state index is 0.102. The summed E-state index contributed by atoms with van der Waals surface area (Å²) in [5.41, 5.74) is 0.163. The maximum atomic E-state index is 12.4. The molecule has 2 heteroatoms. The Kier molecular flexibility index (Phi) is 4.64. The number of ketones is 1. The number of nitrogens with zero attached hydrogens (tertiary/aromatic N) is 1. The van der Waals surface area contributed by atoms with Gasteiger partial charge in [0, 0.05) is 23.9 Å². The monoisotopic (exact) mass is 253 g/mol. The Morgan fingerprint density at radius 1 is 1.39 bits per heavy atom. The number of Topliss-reactive ketones (excluding diaryl/α,β-unsaturated/α-hetero) is 1. The molecule has 106 valence electrons. The first kappa shape index (κ1) is 15.7. The Bertz CT molecular complexity index is 301. The molecule has 0 saturated heterocycles. The van der Waals surface area contributed by atoms with Gasteiger partial charge in [0.2, 0.25) is 0 Å². The van der Waals surface area contributed by atoms with E-state index in [-0.39, 0.29) is 16.7 Å². The first-order chi connectivity index (χ1) is 8.05. The molecule has 1 fully saturated rings. The molecule has 0 amide bonds. The topological polar surface area (TPSA) is 20.3 Å². The van der Waals surface area contributed by atoms with Crippen LogP contribution in [-0.2, 0) is 4.79 Å². The second-order valence-electron chi connectivity index (χ2n) is 7.82. The van der Waals surface area contributed by atoms with Crippen LogP contribution in [-0.4, -0.2) is 30.3 Å². The van der Waals surface area contributed by atoms with Crippen molar-refractivity contribution < 1.29 is 4.79 Å². The number of hydrogen-bond donors (Lipinski definition) is 0. The van der Waals surface area contributed by atoms with E-state index in [4.69, 9.17) is 0 Å². The Morgan fingerprint density at radius 3 is 2.44 bits per heavy atom. The zero-order valence-corrected chi connectivity index (χ0v) is 13.3. The molecule has 1 rings (SSSR count). The van der Waals surface area contributed by atoms with Gasteiger partial charge in [-0.3, -0.25) is 4.79 Å². The van der Waals surface area contributed by atoms with Gasteiger partial charge in [-0.2, -0.15) is 0 Å². The van der Waals surface area contributed by atoms with Crippen molar-refractivity contribution >= 4 is 5.78 Å². The molecule has 0 bridgehead atoms. The van der Waals surface area contributed by atoms with Crippen molar-refractivity contribution in [1.82, 2.24) is 4.90 Å². The summed E-state index contributed by atoms with van der Waals surface area (Å²) in [5, 5.41) is 0. The van der Waals surface area contributed by atoms with Gasteiger partial charge in [0.15, 0.2) is 0 Å². The molecule has 0 aliphatic heterocycles. The third kappa shape index (κ3) is 3.57. The van der Waals surface area contributed by atoms with Gasteiger partial charge in [0.25, 0.3) is 0 Å². The molecule has 2 unspecified atom stereocenters. The lowest BCUT2D eigenvalue weighted by atomic mass is 9.70. The third-order valence-corrected chi connectivity index (χ3v) is 4.82. The van der Waals surface area contributed by atoms with Crippen LogP contribution in [0, 0.1) is 16.7 Å². The minimum Gasteiger partial charge on any atom is -0.302 e. The molecule has 2 atom stereocenters. The van der Waals surface area contributed by atoms with Gasteiger partial charge in [-0.25, -0.2) is 0 Å². The molecule has 0 N–H and O–H groups in total. The van der Waals surface area contributed by atoms with Gasteiger partial charge in [0.05, 0.1) is 0 Å². The smallest absolute Gasteiger partial charge is 0.142 e. The molecule has 0 aromatic heterocycles. The van der Waals surface area contributed by atoms with Crippen LogP contribution < -0.4 is 0 Å². The Hall–Kier alpha value is -0.370. The summed E-state index contributed by atoms with van der Waals surface area (Å²) >= 11 is 0. The molecule has 0 spiro atoms. The summed E-state index contributed by atoms with van der Waals surface area (Å²) in [7, 11) is 2.16. The Labute approximate surface area is 113 Å². The predicted octanol–water partition coefficient (Wildman–Crippen LogP) is 3.75. The summed E-state index contributed by atoms with van der Waals surface area (Å²) in [6.07, 6.45) is 3.32. The molecule has 1 saturated carbocycles. The number of carbonyl (C=O) groups excluding carboxylic acids is 1. The molecule has 1 aliphatic rings. The molecular weight excluding hydrogens is 222 g/mol. The van der Waals surface area contributed by atoms with E-state index in [1.54, 1.807) is 0 Å². The van der Waals surface area contributed by atoms with Crippen LogP contribution in [0.25, 0.3) is 0 Å². The van der Waals surface area contributed by atoms with Gasteiger partial charge >= 0.3 is 0 Å². The van der Waals surface area contributed by atoms with Crippen LogP contribution in [0.4, 0.5) is 0 Å². The lowest BCUT2D eigenvalue weighted by Crippen LogP contribution is -2.46. The van der Waals surface area contributed by atoms with Crippen LogP contribution in [0.1, 0.15) is 60.8 Å². The van der Waals surface area contributed by atoms with E-state index in [9.17, 15) is 4.79 Å². The second kappa shape index (κ2) is 5.32. The fourth-order valence-corrected chi connectivity index (χ4v) is 2.94. The highest BCUT2D eigenvalue weighted by Gasteiger charge is 2.38. The molecule has 2 nitrogen and oxygen atoms in total. The minimum atomic E-state index is -0.102. The largest absolute Gasteiger partial charge is 0.302 e. The summed E-state index contributed by atoms with van der Waals surface area (Å²) < 4.78 is 0. The van der Waals surface area contributed by atoms with Crippen LogP contribution in [0.5, 0.6) is 0 Å². The number of rotatable bonds is 3.